The molecule has 2 N–H and O–H groups in total. The lowest BCUT2D eigenvalue weighted by Crippen LogP contribution is -2.11. The Hall–Kier alpha value is -0.450. The van der Waals surface area contributed by atoms with Crippen molar-refractivity contribution >= 4 is 11.3 Å². The Morgan fingerprint density at radius 3 is 2.92 bits per heavy atom. The van der Waals surface area contributed by atoms with Crippen LogP contribution in [0.4, 0.5) is 0 Å². The lowest BCUT2D eigenvalue weighted by atomic mass is 10.4. The van der Waals surface area contributed by atoms with Crippen molar-refractivity contribution in [2.45, 2.75) is 13.0 Å². The van der Waals surface area contributed by atoms with Gasteiger partial charge in [0.2, 0.25) is 0 Å². The highest BCUT2D eigenvalue weighted by atomic mass is 32.1. The number of hydrogen-bond donors (Lipinski definition) is 1. The average molecular weight is 185 g/mol. The van der Waals surface area contributed by atoms with Crippen LogP contribution in [0.25, 0.3) is 0 Å². The molecule has 0 bridgehead atoms. The molecule has 68 valence electrons. The molecule has 0 spiro atoms. The van der Waals surface area contributed by atoms with Crippen molar-refractivity contribution in [2.24, 2.45) is 5.73 Å². The second-order valence-corrected chi connectivity index (χ2v) is 3.95. The predicted molar refractivity (Wildman–Crippen MR) is 52.3 cm³/mol. The molecule has 0 fully saturated rings. The Morgan fingerprint density at radius 1 is 1.58 bits per heavy atom. The van der Waals surface area contributed by atoms with Gasteiger partial charge in [0.05, 0.1) is 10.7 Å². The SMILES string of the molecule is CN(C)Cc1csc(CCN)n1. The van der Waals surface area contributed by atoms with Crippen molar-refractivity contribution < 1.29 is 0 Å². The third kappa shape index (κ3) is 2.89. The Morgan fingerprint density at radius 2 is 2.33 bits per heavy atom. The number of nitrogens with two attached hydrogens (primary N) is 1. The van der Waals surface area contributed by atoms with E-state index < -0.39 is 0 Å². The van der Waals surface area contributed by atoms with E-state index in [2.05, 4.69) is 15.3 Å². The van der Waals surface area contributed by atoms with Gasteiger partial charge in [0, 0.05) is 18.3 Å². The van der Waals surface area contributed by atoms with Gasteiger partial charge in [-0.25, -0.2) is 4.98 Å². The van der Waals surface area contributed by atoms with Gasteiger partial charge in [-0.1, -0.05) is 0 Å². The van der Waals surface area contributed by atoms with Gasteiger partial charge in [0.1, 0.15) is 0 Å². The molecule has 0 saturated heterocycles. The minimum absolute atomic E-state index is 0.689. The van der Waals surface area contributed by atoms with E-state index in [0.29, 0.717) is 6.54 Å². The zero-order valence-corrected chi connectivity index (χ0v) is 8.40. The summed E-state index contributed by atoms with van der Waals surface area (Å²) in [6.07, 6.45) is 0.901. The van der Waals surface area contributed by atoms with Crippen molar-refractivity contribution in [3.05, 3.63) is 16.1 Å². The van der Waals surface area contributed by atoms with Gasteiger partial charge < -0.3 is 10.6 Å². The van der Waals surface area contributed by atoms with Crippen LogP contribution in [0, 0.1) is 0 Å². The highest BCUT2D eigenvalue weighted by Gasteiger charge is 2.01. The van der Waals surface area contributed by atoms with Crippen LogP contribution >= 0.6 is 11.3 Å². The van der Waals surface area contributed by atoms with Crippen LogP contribution in [-0.4, -0.2) is 30.5 Å². The standard InChI is InChI=1S/C8H15N3S/c1-11(2)5-7-6-12-8(10-7)3-4-9/h6H,3-5,9H2,1-2H3. The lowest BCUT2D eigenvalue weighted by Gasteiger charge is -2.05. The molecular formula is C8H15N3S. The molecule has 0 saturated carbocycles. The third-order valence-electron chi connectivity index (χ3n) is 1.44. The van der Waals surface area contributed by atoms with E-state index in [4.69, 9.17) is 5.73 Å². The average Bonchev–Trinajstić information content (AvgIpc) is 2.36. The van der Waals surface area contributed by atoms with E-state index >= 15 is 0 Å². The minimum Gasteiger partial charge on any atom is -0.330 e. The van der Waals surface area contributed by atoms with Gasteiger partial charge >= 0.3 is 0 Å². The summed E-state index contributed by atoms with van der Waals surface area (Å²) in [7, 11) is 4.09. The smallest absolute Gasteiger partial charge is 0.0941 e. The Kier molecular flexibility index (Phi) is 3.65. The van der Waals surface area contributed by atoms with E-state index in [1.54, 1.807) is 11.3 Å². The molecule has 1 aromatic heterocycles. The summed E-state index contributed by atoms with van der Waals surface area (Å²) in [4.78, 5) is 6.55. The number of nitrogens with zero attached hydrogens (tertiary/aromatic N) is 2. The van der Waals surface area contributed by atoms with Crippen molar-refractivity contribution in [1.29, 1.82) is 0 Å². The first kappa shape index (κ1) is 9.64. The molecule has 4 heteroatoms. The predicted octanol–water partition coefficient (Wildman–Crippen LogP) is 0.706. The van der Waals surface area contributed by atoms with Gasteiger partial charge in [0.15, 0.2) is 0 Å². The largest absolute Gasteiger partial charge is 0.330 e. The van der Waals surface area contributed by atoms with Crippen LogP contribution < -0.4 is 5.73 Å². The summed E-state index contributed by atoms with van der Waals surface area (Å²) < 4.78 is 0. The van der Waals surface area contributed by atoms with E-state index in [1.165, 1.54) is 0 Å². The van der Waals surface area contributed by atoms with Crippen LogP contribution in [0.5, 0.6) is 0 Å². The molecule has 1 heterocycles. The van der Waals surface area contributed by atoms with Crippen molar-refractivity contribution in [3.63, 3.8) is 0 Å². The maximum absolute atomic E-state index is 5.43. The molecule has 0 aliphatic rings. The Bertz CT molecular complexity index is 232. The van der Waals surface area contributed by atoms with Crippen LogP contribution in [0.15, 0.2) is 5.38 Å². The molecule has 1 aromatic rings. The van der Waals surface area contributed by atoms with E-state index in [9.17, 15) is 0 Å². The Balaban J connectivity index is 2.52. The summed E-state index contributed by atoms with van der Waals surface area (Å²) in [6, 6.07) is 0. The minimum atomic E-state index is 0.689. The number of hydrogen-bond acceptors (Lipinski definition) is 4. The van der Waals surface area contributed by atoms with Gasteiger partial charge in [-0.05, 0) is 20.6 Å². The molecule has 12 heavy (non-hydrogen) atoms. The fourth-order valence-electron chi connectivity index (χ4n) is 0.984. The molecular weight excluding hydrogens is 170 g/mol. The molecule has 0 unspecified atom stereocenters. The first-order valence-electron chi connectivity index (χ1n) is 4.00. The summed E-state index contributed by atoms with van der Waals surface area (Å²) in [5.41, 5.74) is 6.57. The molecule has 0 atom stereocenters. The highest BCUT2D eigenvalue weighted by Crippen LogP contribution is 2.10. The van der Waals surface area contributed by atoms with Gasteiger partial charge in [-0.15, -0.1) is 11.3 Å². The maximum Gasteiger partial charge on any atom is 0.0941 e. The second-order valence-electron chi connectivity index (χ2n) is 3.01. The fraction of sp³-hybridized carbons (Fsp3) is 0.625. The molecule has 0 radical (unpaired) electrons. The van der Waals surface area contributed by atoms with E-state index in [1.807, 2.05) is 14.1 Å². The molecule has 0 amide bonds. The van der Waals surface area contributed by atoms with Crippen molar-refractivity contribution in [3.8, 4) is 0 Å². The zero-order valence-electron chi connectivity index (χ0n) is 7.58. The second kappa shape index (κ2) is 4.54. The van der Waals surface area contributed by atoms with Crippen molar-refractivity contribution in [1.82, 2.24) is 9.88 Å². The number of rotatable bonds is 4. The van der Waals surface area contributed by atoms with Crippen LogP contribution in [0.2, 0.25) is 0 Å². The van der Waals surface area contributed by atoms with Gasteiger partial charge in [-0.3, -0.25) is 0 Å². The summed E-state index contributed by atoms with van der Waals surface area (Å²) in [5, 5.41) is 3.25. The number of thiazole rings is 1. The van der Waals surface area contributed by atoms with Gasteiger partial charge in [-0.2, -0.15) is 0 Å². The van der Waals surface area contributed by atoms with Crippen LogP contribution in [-0.2, 0) is 13.0 Å². The van der Waals surface area contributed by atoms with Gasteiger partial charge in [0.25, 0.3) is 0 Å². The Labute approximate surface area is 77.2 Å². The normalized spacial score (nSPS) is 11.0. The quantitative estimate of drug-likeness (QED) is 0.751. The van der Waals surface area contributed by atoms with Crippen LogP contribution in [0.3, 0.4) is 0 Å². The highest BCUT2D eigenvalue weighted by molar-refractivity contribution is 7.09. The number of aromatic nitrogens is 1. The van der Waals surface area contributed by atoms with Crippen LogP contribution in [0.1, 0.15) is 10.7 Å². The monoisotopic (exact) mass is 185 g/mol. The van der Waals surface area contributed by atoms with E-state index in [0.717, 1.165) is 23.7 Å². The molecule has 0 aliphatic heterocycles. The van der Waals surface area contributed by atoms with Crippen molar-refractivity contribution in [2.75, 3.05) is 20.6 Å². The summed E-state index contributed by atoms with van der Waals surface area (Å²) in [5.74, 6) is 0. The summed E-state index contributed by atoms with van der Waals surface area (Å²) >= 11 is 1.70. The summed E-state index contributed by atoms with van der Waals surface area (Å²) in [6.45, 7) is 1.61. The maximum atomic E-state index is 5.43. The molecule has 0 aliphatic carbocycles. The molecule has 1 rings (SSSR count). The molecule has 3 nitrogen and oxygen atoms in total. The first-order valence-corrected chi connectivity index (χ1v) is 4.88. The topological polar surface area (TPSA) is 42.1 Å². The third-order valence-corrected chi connectivity index (χ3v) is 2.39. The zero-order chi connectivity index (χ0) is 8.97. The fourth-order valence-corrected chi connectivity index (χ4v) is 1.79. The van der Waals surface area contributed by atoms with E-state index in [-0.39, 0.29) is 0 Å². The lowest BCUT2D eigenvalue weighted by molar-refractivity contribution is 0.397. The molecule has 0 aromatic carbocycles. The first-order chi connectivity index (χ1) is 5.72.